The predicted molar refractivity (Wildman–Crippen MR) is 157 cm³/mol. The van der Waals surface area contributed by atoms with Crippen LogP contribution in [0.5, 0.6) is 0 Å². The summed E-state index contributed by atoms with van der Waals surface area (Å²) in [5, 5.41) is 11.9. The Kier molecular flexibility index (Phi) is 7.46. The third-order valence-electron chi connectivity index (χ3n) is 7.83. The van der Waals surface area contributed by atoms with Crippen molar-refractivity contribution >= 4 is 28.7 Å². The van der Waals surface area contributed by atoms with Gasteiger partial charge >= 0.3 is 0 Å². The molecule has 8 heteroatoms. The molecule has 3 aromatic rings. The quantitative estimate of drug-likeness (QED) is 0.336. The number of nitro benzene ring substituents is 1. The summed E-state index contributed by atoms with van der Waals surface area (Å²) in [6.07, 6.45) is 0. The second kappa shape index (κ2) is 11.0. The van der Waals surface area contributed by atoms with Gasteiger partial charge in [-0.25, -0.2) is 0 Å². The van der Waals surface area contributed by atoms with E-state index in [1.165, 1.54) is 11.3 Å². The van der Waals surface area contributed by atoms with Crippen molar-refractivity contribution in [1.82, 2.24) is 4.90 Å². The zero-order chi connectivity index (χ0) is 27.6. The van der Waals surface area contributed by atoms with Crippen LogP contribution in [0, 0.1) is 10.1 Å². The van der Waals surface area contributed by atoms with Crippen LogP contribution < -0.4 is 14.7 Å². The lowest BCUT2D eigenvalue weighted by Gasteiger charge is -2.38. The van der Waals surface area contributed by atoms with Crippen LogP contribution in [-0.4, -0.2) is 68.1 Å². The number of carbonyl (C=O) groups is 1. The molecule has 39 heavy (non-hydrogen) atoms. The van der Waals surface area contributed by atoms with Crippen LogP contribution in [0.3, 0.4) is 0 Å². The molecule has 3 aromatic carbocycles. The SMILES string of the molecule is CC(C)(C)c1ccc(C(=O)N2CCN(c3ccc([N+](=O)[O-])c(N4CCN(c5ccccc5)CC4)c3)CC2)cc1. The first-order valence-electron chi connectivity index (χ1n) is 13.7. The molecule has 0 unspecified atom stereocenters. The minimum Gasteiger partial charge on any atom is -0.368 e. The van der Waals surface area contributed by atoms with Crippen molar-refractivity contribution in [1.29, 1.82) is 0 Å². The fourth-order valence-electron chi connectivity index (χ4n) is 5.42. The van der Waals surface area contributed by atoms with E-state index in [0.29, 0.717) is 37.4 Å². The van der Waals surface area contributed by atoms with Crippen LogP contribution in [0.4, 0.5) is 22.7 Å². The minimum absolute atomic E-state index is 0.0479. The van der Waals surface area contributed by atoms with Gasteiger partial charge in [-0.05, 0) is 47.4 Å². The summed E-state index contributed by atoms with van der Waals surface area (Å²) in [6.45, 7) is 12.1. The molecule has 0 saturated carbocycles. The molecular weight excluding hydrogens is 490 g/mol. The number of carbonyl (C=O) groups excluding carboxylic acids is 1. The Bertz CT molecular complexity index is 1300. The van der Waals surface area contributed by atoms with Crippen LogP contribution in [0.1, 0.15) is 36.7 Å². The van der Waals surface area contributed by atoms with Gasteiger partial charge in [-0.2, -0.15) is 0 Å². The van der Waals surface area contributed by atoms with E-state index in [-0.39, 0.29) is 21.9 Å². The van der Waals surface area contributed by atoms with Gasteiger partial charge in [0.2, 0.25) is 0 Å². The van der Waals surface area contributed by atoms with E-state index in [9.17, 15) is 14.9 Å². The standard InChI is InChI=1S/C31H37N5O3/c1-31(2,3)25-11-9-24(10-12-25)30(37)35-21-17-33(18-22-35)27-13-14-28(36(38)39)29(23-27)34-19-15-32(16-20-34)26-7-5-4-6-8-26/h4-14,23H,15-22H2,1-3H3. The van der Waals surface area contributed by atoms with E-state index in [2.05, 4.69) is 47.6 Å². The number of piperazine rings is 2. The number of rotatable bonds is 5. The fourth-order valence-corrected chi connectivity index (χ4v) is 5.42. The third-order valence-corrected chi connectivity index (χ3v) is 7.83. The highest BCUT2D eigenvalue weighted by atomic mass is 16.6. The normalized spacial score (nSPS) is 16.4. The molecule has 2 saturated heterocycles. The first-order valence-corrected chi connectivity index (χ1v) is 13.7. The Balaban J connectivity index is 1.25. The zero-order valence-electron chi connectivity index (χ0n) is 23.0. The number of para-hydroxylation sites is 1. The van der Waals surface area contributed by atoms with E-state index in [4.69, 9.17) is 0 Å². The summed E-state index contributed by atoms with van der Waals surface area (Å²) < 4.78 is 0. The zero-order valence-corrected chi connectivity index (χ0v) is 23.0. The lowest BCUT2D eigenvalue weighted by Crippen LogP contribution is -2.49. The Hall–Kier alpha value is -4.07. The van der Waals surface area contributed by atoms with Gasteiger partial charge in [0.05, 0.1) is 4.92 Å². The van der Waals surface area contributed by atoms with Crippen LogP contribution >= 0.6 is 0 Å². The molecule has 0 aliphatic carbocycles. The summed E-state index contributed by atoms with van der Waals surface area (Å²) >= 11 is 0. The maximum atomic E-state index is 13.1. The van der Waals surface area contributed by atoms with Gasteiger partial charge in [0, 0.05) is 75.4 Å². The monoisotopic (exact) mass is 527 g/mol. The lowest BCUT2D eigenvalue weighted by atomic mass is 9.86. The number of amides is 1. The molecule has 204 valence electrons. The van der Waals surface area contributed by atoms with Crippen LogP contribution in [-0.2, 0) is 5.41 Å². The average molecular weight is 528 g/mol. The first kappa shape index (κ1) is 26.5. The molecule has 0 radical (unpaired) electrons. The number of benzene rings is 3. The van der Waals surface area contributed by atoms with Gasteiger partial charge < -0.3 is 19.6 Å². The Morgan fingerprint density at radius 2 is 1.28 bits per heavy atom. The van der Waals surface area contributed by atoms with Gasteiger partial charge in [0.1, 0.15) is 5.69 Å². The summed E-state index contributed by atoms with van der Waals surface area (Å²) in [5.74, 6) is 0.0517. The van der Waals surface area contributed by atoms with Gasteiger partial charge in [0.25, 0.3) is 11.6 Å². The average Bonchev–Trinajstić information content (AvgIpc) is 2.97. The van der Waals surface area contributed by atoms with Crippen molar-refractivity contribution in [3.8, 4) is 0 Å². The molecule has 0 N–H and O–H groups in total. The molecule has 2 aliphatic heterocycles. The van der Waals surface area contributed by atoms with Crippen molar-refractivity contribution in [2.45, 2.75) is 26.2 Å². The molecule has 1 amide bonds. The van der Waals surface area contributed by atoms with Crippen LogP contribution in [0.25, 0.3) is 0 Å². The van der Waals surface area contributed by atoms with Crippen molar-refractivity contribution in [3.63, 3.8) is 0 Å². The largest absolute Gasteiger partial charge is 0.368 e. The highest BCUT2D eigenvalue weighted by molar-refractivity contribution is 5.94. The van der Waals surface area contributed by atoms with E-state index >= 15 is 0 Å². The topological polar surface area (TPSA) is 73.2 Å². The second-order valence-electron chi connectivity index (χ2n) is 11.3. The number of nitrogens with zero attached hydrogens (tertiary/aromatic N) is 5. The molecule has 0 bridgehead atoms. The van der Waals surface area contributed by atoms with Crippen molar-refractivity contribution in [2.24, 2.45) is 0 Å². The third kappa shape index (κ3) is 5.85. The lowest BCUT2D eigenvalue weighted by molar-refractivity contribution is -0.384. The molecule has 5 rings (SSSR count). The fraction of sp³-hybridized carbons (Fsp3) is 0.387. The summed E-state index contributed by atoms with van der Waals surface area (Å²) in [4.78, 5) is 33.3. The Morgan fingerprint density at radius 3 is 1.87 bits per heavy atom. The summed E-state index contributed by atoms with van der Waals surface area (Å²) in [5.41, 5.74) is 4.91. The van der Waals surface area contributed by atoms with Gasteiger partial charge in [-0.1, -0.05) is 51.1 Å². The highest BCUT2D eigenvalue weighted by Crippen LogP contribution is 2.34. The van der Waals surface area contributed by atoms with Crippen LogP contribution in [0.2, 0.25) is 0 Å². The Labute approximate surface area is 230 Å². The van der Waals surface area contributed by atoms with E-state index < -0.39 is 0 Å². The van der Waals surface area contributed by atoms with Crippen molar-refractivity contribution < 1.29 is 9.72 Å². The first-order chi connectivity index (χ1) is 18.7. The molecule has 8 nitrogen and oxygen atoms in total. The van der Waals surface area contributed by atoms with Crippen molar-refractivity contribution in [3.05, 3.63) is 94.0 Å². The molecule has 0 aromatic heterocycles. The number of nitro groups is 1. The molecule has 2 heterocycles. The number of hydrogen-bond acceptors (Lipinski definition) is 6. The van der Waals surface area contributed by atoms with Gasteiger partial charge in [-0.15, -0.1) is 0 Å². The maximum Gasteiger partial charge on any atom is 0.292 e. The maximum absolute atomic E-state index is 13.1. The molecule has 2 aliphatic rings. The molecular formula is C31H37N5O3. The minimum atomic E-state index is -0.287. The summed E-state index contributed by atoms with van der Waals surface area (Å²) in [6, 6.07) is 23.6. The van der Waals surface area contributed by atoms with E-state index in [0.717, 1.165) is 31.9 Å². The molecule has 2 fully saturated rings. The molecule has 0 atom stereocenters. The van der Waals surface area contributed by atoms with E-state index in [1.54, 1.807) is 6.07 Å². The summed E-state index contributed by atoms with van der Waals surface area (Å²) in [7, 11) is 0. The molecule has 0 spiro atoms. The second-order valence-corrected chi connectivity index (χ2v) is 11.3. The van der Waals surface area contributed by atoms with Crippen molar-refractivity contribution in [2.75, 3.05) is 67.1 Å². The van der Waals surface area contributed by atoms with Gasteiger partial charge in [-0.3, -0.25) is 14.9 Å². The smallest absolute Gasteiger partial charge is 0.292 e. The van der Waals surface area contributed by atoms with E-state index in [1.807, 2.05) is 59.5 Å². The number of hydrogen-bond donors (Lipinski definition) is 0. The van der Waals surface area contributed by atoms with Crippen LogP contribution in [0.15, 0.2) is 72.8 Å². The van der Waals surface area contributed by atoms with Gasteiger partial charge in [0.15, 0.2) is 0 Å². The Morgan fingerprint density at radius 1 is 0.718 bits per heavy atom. The number of anilines is 3. The highest BCUT2D eigenvalue weighted by Gasteiger charge is 2.27. The predicted octanol–water partition coefficient (Wildman–Crippen LogP) is 5.18.